The zero-order valence-electron chi connectivity index (χ0n) is 7.03. The molecule has 0 unspecified atom stereocenters. The van der Waals surface area contributed by atoms with Crippen LogP contribution in [0.2, 0.25) is 0 Å². The third-order valence-electron chi connectivity index (χ3n) is 1.29. The standard InChI is InChI=1S/C8H15F2N/c1-3-4-7(6-11)5-8(2,9)10/h4H,3,5-6,11H2,1-2H3. The first-order valence-corrected chi connectivity index (χ1v) is 3.75. The second kappa shape index (κ2) is 4.44. The van der Waals surface area contributed by atoms with E-state index in [0.29, 0.717) is 5.57 Å². The number of allylic oxidation sites excluding steroid dienone is 1. The number of hydrogen-bond acceptors (Lipinski definition) is 1. The summed E-state index contributed by atoms with van der Waals surface area (Å²) in [6, 6.07) is 0. The highest BCUT2D eigenvalue weighted by Crippen LogP contribution is 2.21. The Morgan fingerprint density at radius 2 is 2.09 bits per heavy atom. The molecule has 0 bridgehead atoms. The van der Waals surface area contributed by atoms with Crippen molar-refractivity contribution < 1.29 is 8.78 Å². The van der Waals surface area contributed by atoms with Crippen molar-refractivity contribution in [1.82, 2.24) is 0 Å². The van der Waals surface area contributed by atoms with Crippen LogP contribution in [0.15, 0.2) is 11.6 Å². The summed E-state index contributed by atoms with van der Waals surface area (Å²) < 4.78 is 24.8. The van der Waals surface area contributed by atoms with Gasteiger partial charge in [-0.3, -0.25) is 0 Å². The van der Waals surface area contributed by atoms with Gasteiger partial charge >= 0.3 is 0 Å². The van der Waals surface area contributed by atoms with Crippen LogP contribution < -0.4 is 5.73 Å². The summed E-state index contributed by atoms with van der Waals surface area (Å²) in [7, 11) is 0. The Morgan fingerprint density at radius 1 is 1.55 bits per heavy atom. The fourth-order valence-corrected chi connectivity index (χ4v) is 0.915. The van der Waals surface area contributed by atoms with Crippen molar-refractivity contribution in [1.29, 1.82) is 0 Å². The molecule has 3 heteroatoms. The minimum atomic E-state index is -2.62. The average Bonchev–Trinajstić information content (AvgIpc) is 1.84. The first-order valence-electron chi connectivity index (χ1n) is 3.75. The van der Waals surface area contributed by atoms with Crippen LogP contribution in [0, 0.1) is 0 Å². The molecule has 0 saturated heterocycles. The largest absolute Gasteiger partial charge is 0.327 e. The van der Waals surface area contributed by atoms with E-state index in [9.17, 15) is 8.78 Å². The zero-order chi connectivity index (χ0) is 8.91. The lowest BCUT2D eigenvalue weighted by molar-refractivity contribution is 0.0223. The van der Waals surface area contributed by atoms with E-state index in [4.69, 9.17) is 5.73 Å². The zero-order valence-corrected chi connectivity index (χ0v) is 7.03. The second-order valence-electron chi connectivity index (χ2n) is 2.72. The quantitative estimate of drug-likeness (QED) is 0.632. The number of hydrogen-bond donors (Lipinski definition) is 1. The van der Waals surface area contributed by atoms with Crippen LogP contribution in [0.3, 0.4) is 0 Å². The molecule has 0 rings (SSSR count). The first kappa shape index (κ1) is 10.6. The van der Waals surface area contributed by atoms with Gasteiger partial charge in [-0.15, -0.1) is 0 Å². The van der Waals surface area contributed by atoms with Crippen LogP contribution >= 0.6 is 0 Å². The molecule has 0 radical (unpaired) electrons. The Bertz CT molecular complexity index is 136. The summed E-state index contributed by atoms with van der Waals surface area (Å²) >= 11 is 0. The predicted octanol–water partition coefficient (Wildman–Crippen LogP) is 2.33. The Kier molecular flexibility index (Phi) is 4.26. The summed E-state index contributed by atoms with van der Waals surface area (Å²) in [6.07, 6.45) is 2.32. The number of halogens is 2. The Hall–Kier alpha value is -0.440. The second-order valence-corrected chi connectivity index (χ2v) is 2.72. The van der Waals surface area contributed by atoms with Crippen LogP contribution in [0.4, 0.5) is 8.78 Å². The van der Waals surface area contributed by atoms with Gasteiger partial charge in [-0.1, -0.05) is 18.6 Å². The fourth-order valence-electron chi connectivity index (χ4n) is 0.915. The summed E-state index contributed by atoms with van der Waals surface area (Å²) in [5.74, 6) is -2.62. The summed E-state index contributed by atoms with van der Waals surface area (Å²) in [4.78, 5) is 0. The Morgan fingerprint density at radius 3 is 2.36 bits per heavy atom. The van der Waals surface area contributed by atoms with Gasteiger partial charge in [0, 0.05) is 13.0 Å². The molecule has 0 heterocycles. The summed E-state index contributed by atoms with van der Waals surface area (Å²) in [5.41, 5.74) is 5.90. The Balaban J connectivity index is 3.99. The van der Waals surface area contributed by atoms with Crippen molar-refractivity contribution in [3.63, 3.8) is 0 Å². The van der Waals surface area contributed by atoms with Gasteiger partial charge in [0.2, 0.25) is 5.92 Å². The minimum Gasteiger partial charge on any atom is -0.327 e. The van der Waals surface area contributed by atoms with E-state index >= 15 is 0 Å². The molecule has 2 N–H and O–H groups in total. The Labute approximate surface area is 66.3 Å². The summed E-state index contributed by atoms with van der Waals surface area (Å²) in [6.45, 7) is 3.05. The van der Waals surface area contributed by atoms with Crippen LogP contribution in [0.25, 0.3) is 0 Å². The SMILES string of the molecule is CCC=C(CN)CC(C)(F)F. The molecule has 0 saturated carbocycles. The molecular weight excluding hydrogens is 148 g/mol. The molecule has 0 aliphatic heterocycles. The third kappa shape index (κ3) is 5.98. The average molecular weight is 163 g/mol. The van der Waals surface area contributed by atoms with Crippen molar-refractivity contribution in [2.45, 2.75) is 32.6 Å². The van der Waals surface area contributed by atoms with E-state index in [2.05, 4.69) is 0 Å². The van der Waals surface area contributed by atoms with E-state index in [0.717, 1.165) is 13.3 Å². The van der Waals surface area contributed by atoms with Crippen LogP contribution in [-0.4, -0.2) is 12.5 Å². The van der Waals surface area contributed by atoms with Gasteiger partial charge < -0.3 is 5.73 Å². The maximum Gasteiger partial charge on any atom is 0.249 e. The highest BCUT2D eigenvalue weighted by Gasteiger charge is 2.21. The number of rotatable bonds is 4. The molecule has 0 spiro atoms. The molecule has 0 aliphatic rings. The van der Waals surface area contributed by atoms with Gasteiger partial charge in [-0.25, -0.2) is 8.78 Å². The third-order valence-corrected chi connectivity index (χ3v) is 1.29. The van der Waals surface area contributed by atoms with Gasteiger partial charge in [-0.2, -0.15) is 0 Å². The van der Waals surface area contributed by atoms with Crippen LogP contribution in [0.1, 0.15) is 26.7 Å². The molecule has 0 atom stereocenters. The molecule has 0 fully saturated rings. The number of alkyl halides is 2. The highest BCUT2D eigenvalue weighted by molar-refractivity contribution is 5.05. The van der Waals surface area contributed by atoms with E-state index in [1.165, 1.54) is 0 Å². The lowest BCUT2D eigenvalue weighted by Crippen LogP contribution is -2.15. The molecule has 0 aromatic carbocycles. The van der Waals surface area contributed by atoms with Gasteiger partial charge in [0.15, 0.2) is 0 Å². The van der Waals surface area contributed by atoms with Crippen molar-refractivity contribution in [2.24, 2.45) is 5.73 Å². The lowest BCUT2D eigenvalue weighted by atomic mass is 10.1. The monoisotopic (exact) mass is 163 g/mol. The lowest BCUT2D eigenvalue weighted by Gasteiger charge is -2.11. The highest BCUT2D eigenvalue weighted by atomic mass is 19.3. The molecule has 0 aliphatic carbocycles. The van der Waals surface area contributed by atoms with Crippen molar-refractivity contribution in [3.05, 3.63) is 11.6 Å². The van der Waals surface area contributed by atoms with Gasteiger partial charge in [-0.05, 0) is 13.3 Å². The molecule has 0 amide bonds. The van der Waals surface area contributed by atoms with Gasteiger partial charge in [0.25, 0.3) is 0 Å². The maximum absolute atomic E-state index is 12.4. The molecule has 66 valence electrons. The predicted molar refractivity (Wildman–Crippen MR) is 42.7 cm³/mol. The minimum absolute atomic E-state index is 0.211. The van der Waals surface area contributed by atoms with Gasteiger partial charge in [0.05, 0.1) is 0 Å². The fraction of sp³-hybridized carbons (Fsp3) is 0.750. The molecule has 0 aromatic heterocycles. The van der Waals surface area contributed by atoms with Crippen LogP contribution in [0.5, 0.6) is 0 Å². The topological polar surface area (TPSA) is 26.0 Å². The first-order chi connectivity index (χ1) is 4.99. The maximum atomic E-state index is 12.4. The van der Waals surface area contributed by atoms with E-state index < -0.39 is 5.92 Å². The van der Waals surface area contributed by atoms with E-state index in [-0.39, 0.29) is 13.0 Å². The molecule has 0 aromatic rings. The van der Waals surface area contributed by atoms with Crippen molar-refractivity contribution in [2.75, 3.05) is 6.54 Å². The van der Waals surface area contributed by atoms with E-state index in [1.807, 2.05) is 6.92 Å². The number of nitrogens with two attached hydrogens (primary N) is 1. The normalized spacial score (nSPS) is 13.7. The van der Waals surface area contributed by atoms with Gasteiger partial charge in [0.1, 0.15) is 0 Å². The summed E-state index contributed by atoms with van der Waals surface area (Å²) in [5, 5.41) is 0. The molecule has 11 heavy (non-hydrogen) atoms. The molecular formula is C8H15F2N. The van der Waals surface area contributed by atoms with E-state index in [1.54, 1.807) is 6.08 Å². The van der Waals surface area contributed by atoms with Crippen molar-refractivity contribution in [3.8, 4) is 0 Å². The van der Waals surface area contributed by atoms with Crippen molar-refractivity contribution >= 4 is 0 Å². The molecule has 1 nitrogen and oxygen atoms in total. The smallest absolute Gasteiger partial charge is 0.249 e. The van der Waals surface area contributed by atoms with Crippen LogP contribution in [-0.2, 0) is 0 Å².